The van der Waals surface area contributed by atoms with E-state index in [1.807, 2.05) is 37.3 Å². The molecule has 1 atom stereocenters. The van der Waals surface area contributed by atoms with Crippen LogP contribution in [-0.2, 0) is 10.0 Å². The Morgan fingerprint density at radius 1 is 1.32 bits per heavy atom. The van der Waals surface area contributed by atoms with Crippen molar-refractivity contribution in [2.24, 2.45) is 5.41 Å². The van der Waals surface area contributed by atoms with Crippen LogP contribution in [0.15, 0.2) is 30.3 Å². The van der Waals surface area contributed by atoms with Gasteiger partial charge in [-0.15, -0.1) is 0 Å². The Hall–Kier alpha value is -1.38. The molecule has 0 amide bonds. The monoisotopic (exact) mass is 280 g/mol. The van der Waals surface area contributed by atoms with Crippen molar-refractivity contribution < 1.29 is 8.42 Å². The summed E-state index contributed by atoms with van der Waals surface area (Å²) in [5.41, 5.74) is 0.302. The van der Waals surface area contributed by atoms with Crippen LogP contribution in [0.2, 0.25) is 0 Å². The first-order valence-electron chi connectivity index (χ1n) is 6.19. The van der Waals surface area contributed by atoms with Gasteiger partial charge in [0.15, 0.2) is 0 Å². The SMILES string of the molecule is CC(CS(=O)(=O)NCC(C)(C)C#N)c1ccccc1. The van der Waals surface area contributed by atoms with Gasteiger partial charge in [0.25, 0.3) is 0 Å². The van der Waals surface area contributed by atoms with Crippen LogP contribution in [0, 0.1) is 16.7 Å². The van der Waals surface area contributed by atoms with E-state index in [-0.39, 0.29) is 18.2 Å². The van der Waals surface area contributed by atoms with Gasteiger partial charge in [-0.1, -0.05) is 37.3 Å². The topological polar surface area (TPSA) is 70.0 Å². The Balaban J connectivity index is 2.63. The van der Waals surface area contributed by atoms with Crippen LogP contribution in [0.5, 0.6) is 0 Å². The van der Waals surface area contributed by atoms with Gasteiger partial charge in [0.1, 0.15) is 0 Å². The zero-order valence-corrected chi connectivity index (χ0v) is 12.4. The van der Waals surface area contributed by atoms with Crippen molar-refractivity contribution in [2.75, 3.05) is 12.3 Å². The Bertz CT molecular complexity index is 545. The summed E-state index contributed by atoms with van der Waals surface area (Å²) in [5.74, 6) is -0.0534. The van der Waals surface area contributed by atoms with Gasteiger partial charge in [0.05, 0.1) is 17.2 Å². The van der Waals surface area contributed by atoms with Gasteiger partial charge in [0, 0.05) is 6.54 Å². The Morgan fingerprint density at radius 3 is 2.42 bits per heavy atom. The average molecular weight is 280 g/mol. The zero-order chi connectivity index (χ0) is 14.5. The standard InChI is InChI=1S/C14H20N2O2S/c1-12(13-7-5-4-6-8-13)9-19(17,18)16-11-14(2,3)10-15/h4-8,12,16H,9,11H2,1-3H3. The molecule has 0 bridgehead atoms. The zero-order valence-electron chi connectivity index (χ0n) is 11.6. The minimum absolute atomic E-state index is 0.0263. The fourth-order valence-corrected chi connectivity index (χ4v) is 3.15. The molecule has 0 aromatic heterocycles. The molecule has 1 rings (SSSR count). The van der Waals surface area contributed by atoms with Gasteiger partial charge in [-0.3, -0.25) is 0 Å². The number of rotatable bonds is 6. The quantitative estimate of drug-likeness (QED) is 0.869. The van der Waals surface area contributed by atoms with E-state index in [1.165, 1.54) is 0 Å². The highest BCUT2D eigenvalue weighted by Gasteiger charge is 2.22. The highest BCUT2D eigenvalue weighted by atomic mass is 32.2. The van der Waals surface area contributed by atoms with Crippen LogP contribution in [0.1, 0.15) is 32.3 Å². The predicted molar refractivity (Wildman–Crippen MR) is 76.0 cm³/mol. The van der Waals surface area contributed by atoms with E-state index in [0.717, 1.165) is 5.56 Å². The molecule has 1 aromatic rings. The number of nitrogens with zero attached hydrogens (tertiary/aromatic N) is 1. The second-order valence-electron chi connectivity index (χ2n) is 5.41. The number of sulfonamides is 1. The van der Waals surface area contributed by atoms with Crippen molar-refractivity contribution >= 4 is 10.0 Å². The minimum Gasteiger partial charge on any atom is -0.214 e. The third-order valence-corrected chi connectivity index (χ3v) is 4.40. The van der Waals surface area contributed by atoms with Crippen LogP contribution < -0.4 is 4.72 Å². The molecule has 5 heteroatoms. The minimum atomic E-state index is -3.37. The van der Waals surface area contributed by atoms with Gasteiger partial charge in [0.2, 0.25) is 10.0 Å². The molecular formula is C14H20N2O2S. The van der Waals surface area contributed by atoms with Crippen LogP contribution in [0.3, 0.4) is 0 Å². The van der Waals surface area contributed by atoms with Crippen molar-refractivity contribution in [3.63, 3.8) is 0 Å². The average Bonchev–Trinajstić information content (AvgIpc) is 2.37. The normalized spacial score (nSPS) is 13.8. The summed E-state index contributed by atoms with van der Waals surface area (Å²) < 4.78 is 26.4. The third-order valence-electron chi connectivity index (χ3n) is 2.87. The molecule has 0 radical (unpaired) electrons. The molecule has 0 aliphatic rings. The summed E-state index contributed by atoms with van der Waals surface area (Å²) in [5, 5.41) is 8.87. The number of hydrogen-bond acceptors (Lipinski definition) is 3. The molecular weight excluding hydrogens is 260 g/mol. The first-order valence-corrected chi connectivity index (χ1v) is 7.84. The first-order chi connectivity index (χ1) is 8.76. The molecule has 104 valence electrons. The summed E-state index contributed by atoms with van der Waals surface area (Å²) in [6, 6.07) is 11.6. The van der Waals surface area contributed by atoms with Gasteiger partial charge in [-0.2, -0.15) is 5.26 Å². The van der Waals surface area contributed by atoms with Crippen molar-refractivity contribution in [1.82, 2.24) is 4.72 Å². The van der Waals surface area contributed by atoms with Crippen LogP contribution >= 0.6 is 0 Å². The largest absolute Gasteiger partial charge is 0.214 e. The Kier molecular flexibility index (Phi) is 5.10. The van der Waals surface area contributed by atoms with E-state index in [1.54, 1.807) is 13.8 Å². The lowest BCUT2D eigenvalue weighted by atomic mass is 9.97. The molecule has 0 heterocycles. The van der Waals surface area contributed by atoms with Crippen LogP contribution in [0.25, 0.3) is 0 Å². The molecule has 1 unspecified atom stereocenters. The molecule has 0 saturated heterocycles. The van der Waals surface area contributed by atoms with E-state index < -0.39 is 15.4 Å². The van der Waals surface area contributed by atoms with Crippen LogP contribution in [-0.4, -0.2) is 20.7 Å². The maximum Gasteiger partial charge on any atom is 0.212 e. The van der Waals surface area contributed by atoms with Gasteiger partial charge in [-0.25, -0.2) is 13.1 Å². The Morgan fingerprint density at radius 2 is 1.89 bits per heavy atom. The van der Waals surface area contributed by atoms with Crippen LogP contribution in [0.4, 0.5) is 0 Å². The lowest BCUT2D eigenvalue weighted by molar-refractivity contribution is 0.478. The second kappa shape index (κ2) is 6.18. The molecule has 1 aromatic carbocycles. The lowest BCUT2D eigenvalue weighted by Crippen LogP contribution is -2.35. The van der Waals surface area contributed by atoms with E-state index >= 15 is 0 Å². The molecule has 0 fully saturated rings. The number of hydrogen-bond donors (Lipinski definition) is 1. The smallest absolute Gasteiger partial charge is 0.212 e. The van der Waals surface area contributed by atoms with E-state index in [2.05, 4.69) is 10.8 Å². The summed E-state index contributed by atoms with van der Waals surface area (Å²) >= 11 is 0. The van der Waals surface area contributed by atoms with Crippen molar-refractivity contribution in [3.8, 4) is 6.07 Å². The fraction of sp³-hybridized carbons (Fsp3) is 0.500. The van der Waals surface area contributed by atoms with E-state index in [9.17, 15) is 8.42 Å². The molecule has 0 aliphatic heterocycles. The van der Waals surface area contributed by atoms with E-state index in [0.29, 0.717) is 0 Å². The highest BCUT2D eigenvalue weighted by molar-refractivity contribution is 7.89. The van der Waals surface area contributed by atoms with Crippen molar-refractivity contribution in [3.05, 3.63) is 35.9 Å². The molecule has 0 spiro atoms. The first kappa shape index (κ1) is 15.7. The fourth-order valence-electron chi connectivity index (χ4n) is 1.60. The Labute approximate surface area is 115 Å². The highest BCUT2D eigenvalue weighted by Crippen LogP contribution is 2.17. The second-order valence-corrected chi connectivity index (χ2v) is 7.26. The van der Waals surface area contributed by atoms with Crippen molar-refractivity contribution in [2.45, 2.75) is 26.7 Å². The van der Waals surface area contributed by atoms with Gasteiger partial charge < -0.3 is 0 Å². The number of benzene rings is 1. The summed E-state index contributed by atoms with van der Waals surface area (Å²) in [4.78, 5) is 0. The van der Waals surface area contributed by atoms with E-state index in [4.69, 9.17) is 5.26 Å². The summed E-state index contributed by atoms with van der Waals surface area (Å²) in [6.45, 7) is 5.42. The maximum atomic E-state index is 12.0. The third kappa shape index (κ3) is 5.41. The van der Waals surface area contributed by atoms with Gasteiger partial charge in [-0.05, 0) is 25.3 Å². The van der Waals surface area contributed by atoms with Crippen molar-refractivity contribution in [1.29, 1.82) is 5.26 Å². The summed E-state index contributed by atoms with van der Waals surface area (Å²) in [7, 11) is -3.37. The molecule has 1 N–H and O–H groups in total. The molecule has 0 aliphatic carbocycles. The maximum absolute atomic E-state index is 12.0. The molecule has 19 heavy (non-hydrogen) atoms. The molecule has 4 nitrogen and oxygen atoms in total. The number of nitriles is 1. The summed E-state index contributed by atoms with van der Waals surface area (Å²) in [6.07, 6.45) is 0. The predicted octanol–water partition coefficient (Wildman–Crippen LogP) is 2.26. The number of nitrogens with one attached hydrogen (secondary N) is 1. The lowest BCUT2D eigenvalue weighted by Gasteiger charge is -2.18. The molecule has 0 saturated carbocycles. The van der Waals surface area contributed by atoms with Gasteiger partial charge >= 0.3 is 0 Å².